The van der Waals surface area contributed by atoms with Crippen molar-refractivity contribution in [1.29, 1.82) is 5.26 Å². The van der Waals surface area contributed by atoms with Crippen molar-refractivity contribution in [2.75, 3.05) is 10.6 Å². The van der Waals surface area contributed by atoms with Crippen LogP contribution in [0.1, 0.15) is 31.8 Å². The van der Waals surface area contributed by atoms with Gasteiger partial charge in [-0.15, -0.1) is 11.3 Å². The van der Waals surface area contributed by atoms with Gasteiger partial charge in [0, 0.05) is 11.3 Å². The number of para-hydroxylation sites is 1. The Hall–Kier alpha value is -3.54. The van der Waals surface area contributed by atoms with Crippen LogP contribution in [-0.2, 0) is 6.54 Å². The molecule has 0 spiro atoms. The Morgan fingerprint density at radius 2 is 1.62 bits per heavy atom. The molecule has 8 heteroatoms. The summed E-state index contributed by atoms with van der Waals surface area (Å²) in [6.07, 6.45) is 0. The zero-order valence-corrected chi connectivity index (χ0v) is 16.6. The summed E-state index contributed by atoms with van der Waals surface area (Å²) in [6, 6.07) is 18.3. The number of fused-ring (bicyclic) bond motifs is 1. The van der Waals surface area contributed by atoms with Gasteiger partial charge in [-0.2, -0.15) is 5.26 Å². The van der Waals surface area contributed by atoms with Crippen molar-refractivity contribution in [3.8, 4) is 6.07 Å². The Labute approximate surface area is 176 Å². The fourth-order valence-electron chi connectivity index (χ4n) is 3.06. The van der Waals surface area contributed by atoms with Crippen LogP contribution in [-0.4, -0.2) is 21.8 Å². The molecule has 1 aromatic heterocycles. The maximum Gasteiger partial charge on any atom is 0.261 e. The number of hydrogen-bond donors (Lipinski definition) is 2. The summed E-state index contributed by atoms with van der Waals surface area (Å²) in [5, 5.41) is 18.4. The number of benzene rings is 2. The molecule has 0 unspecified atom stereocenters. The summed E-state index contributed by atoms with van der Waals surface area (Å²) in [4.78, 5) is 26.3. The molecular weight excluding hydrogens is 404 g/mol. The molecule has 0 saturated carbocycles. The zero-order valence-electron chi connectivity index (χ0n) is 15.0. The lowest BCUT2D eigenvalue weighted by Crippen LogP contribution is -2.29. The van der Waals surface area contributed by atoms with Crippen LogP contribution >= 0.6 is 23.6 Å². The Morgan fingerprint density at radius 1 is 1.00 bits per heavy atom. The Bertz CT molecular complexity index is 1130. The highest BCUT2D eigenvalue weighted by Crippen LogP contribution is 2.31. The first-order valence-electron chi connectivity index (χ1n) is 8.67. The highest BCUT2D eigenvalue weighted by Gasteiger charge is 2.35. The van der Waals surface area contributed by atoms with Gasteiger partial charge >= 0.3 is 0 Å². The Morgan fingerprint density at radius 3 is 2.24 bits per heavy atom. The second kappa shape index (κ2) is 7.83. The van der Waals surface area contributed by atoms with Crippen LogP contribution < -0.4 is 10.6 Å². The van der Waals surface area contributed by atoms with Gasteiger partial charge in [0.05, 0.1) is 23.2 Å². The largest absolute Gasteiger partial charge is 0.332 e. The van der Waals surface area contributed by atoms with Crippen LogP contribution in [0.15, 0.2) is 60.0 Å². The molecule has 2 amide bonds. The normalized spacial score (nSPS) is 12.4. The topological polar surface area (TPSA) is 85.2 Å². The van der Waals surface area contributed by atoms with E-state index in [9.17, 15) is 14.9 Å². The number of imide groups is 1. The molecule has 29 heavy (non-hydrogen) atoms. The fourth-order valence-corrected chi connectivity index (χ4v) is 4.26. The molecule has 2 N–H and O–H groups in total. The van der Waals surface area contributed by atoms with Crippen molar-refractivity contribution in [1.82, 2.24) is 4.90 Å². The first kappa shape index (κ1) is 18.8. The predicted octanol–water partition coefficient (Wildman–Crippen LogP) is 4.22. The van der Waals surface area contributed by atoms with Crippen molar-refractivity contribution in [3.05, 3.63) is 82.2 Å². The smallest absolute Gasteiger partial charge is 0.261 e. The maximum absolute atomic E-state index is 12.6. The van der Waals surface area contributed by atoms with Crippen molar-refractivity contribution in [3.63, 3.8) is 0 Å². The van der Waals surface area contributed by atoms with Crippen molar-refractivity contribution in [2.45, 2.75) is 6.54 Å². The molecule has 1 aliphatic rings. The van der Waals surface area contributed by atoms with Crippen LogP contribution in [0, 0.1) is 11.3 Å². The third kappa shape index (κ3) is 3.61. The van der Waals surface area contributed by atoms with E-state index in [1.165, 1.54) is 11.3 Å². The van der Waals surface area contributed by atoms with Gasteiger partial charge in [0.1, 0.15) is 11.1 Å². The van der Waals surface area contributed by atoms with Gasteiger partial charge in [0.25, 0.3) is 11.8 Å². The average molecular weight is 419 g/mol. The Kier molecular flexibility index (Phi) is 5.08. The summed E-state index contributed by atoms with van der Waals surface area (Å²) in [7, 11) is 0. The van der Waals surface area contributed by atoms with Crippen LogP contribution in [0.5, 0.6) is 0 Å². The van der Waals surface area contributed by atoms with E-state index in [0.717, 1.165) is 10.6 Å². The molecule has 0 fully saturated rings. The van der Waals surface area contributed by atoms with Gasteiger partial charge in [-0.05, 0) is 41.9 Å². The standard InChI is InChI=1S/C21H14N4O2S2/c22-10-17-13(11-25-19(26)15-8-4-5-9-16(15)20(25)27)12-29-18(17)24-21(28)23-14-6-2-1-3-7-14/h1-9,12H,11H2,(H2,23,24,28). The number of carbonyl (C=O) groups is 2. The quantitative estimate of drug-likeness (QED) is 0.487. The van der Waals surface area contributed by atoms with Crippen molar-refractivity contribution >= 4 is 51.2 Å². The number of amides is 2. The number of nitrogens with zero attached hydrogens (tertiary/aromatic N) is 2. The number of carbonyl (C=O) groups excluding carboxylic acids is 2. The third-order valence-corrected chi connectivity index (χ3v) is 5.59. The zero-order chi connectivity index (χ0) is 20.4. The summed E-state index contributed by atoms with van der Waals surface area (Å²) in [5.41, 5.74) is 2.56. The Balaban J connectivity index is 1.51. The molecule has 3 aromatic rings. The molecule has 2 aromatic carbocycles. The molecule has 0 atom stereocenters. The van der Waals surface area contributed by atoms with E-state index in [1.807, 2.05) is 30.3 Å². The number of anilines is 2. The second-order valence-corrected chi connectivity index (χ2v) is 7.55. The van der Waals surface area contributed by atoms with Crippen LogP contribution in [0.2, 0.25) is 0 Å². The lowest BCUT2D eigenvalue weighted by molar-refractivity contribution is 0.0642. The summed E-state index contributed by atoms with van der Waals surface area (Å²) >= 11 is 6.62. The van der Waals surface area contributed by atoms with Crippen LogP contribution in [0.3, 0.4) is 0 Å². The fraction of sp³-hybridized carbons (Fsp3) is 0.0476. The van der Waals surface area contributed by atoms with E-state index in [2.05, 4.69) is 16.7 Å². The van der Waals surface area contributed by atoms with E-state index in [1.54, 1.807) is 29.6 Å². The van der Waals surface area contributed by atoms with Crippen molar-refractivity contribution < 1.29 is 9.59 Å². The number of hydrogen-bond acceptors (Lipinski definition) is 5. The average Bonchev–Trinajstić information content (AvgIpc) is 3.22. The molecule has 0 bridgehead atoms. The van der Waals surface area contributed by atoms with Gasteiger partial charge in [-0.3, -0.25) is 14.5 Å². The molecule has 0 saturated heterocycles. The predicted molar refractivity (Wildman–Crippen MR) is 116 cm³/mol. The number of rotatable bonds is 4. The third-order valence-electron chi connectivity index (χ3n) is 4.44. The lowest BCUT2D eigenvalue weighted by Gasteiger charge is -2.13. The lowest BCUT2D eigenvalue weighted by atomic mass is 10.1. The molecule has 0 aliphatic carbocycles. The molecule has 6 nitrogen and oxygen atoms in total. The van der Waals surface area contributed by atoms with Gasteiger partial charge < -0.3 is 10.6 Å². The number of nitrogens with one attached hydrogen (secondary N) is 2. The first-order valence-corrected chi connectivity index (χ1v) is 9.96. The van der Waals surface area contributed by atoms with Crippen molar-refractivity contribution in [2.24, 2.45) is 0 Å². The van der Waals surface area contributed by atoms with E-state index < -0.39 is 0 Å². The molecule has 2 heterocycles. The van der Waals surface area contributed by atoms with E-state index >= 15 is 0 Å². The minimum absolute atomic E-state index is 0.0340. The molecule has 0 radical (unpaired) electrons. The number of nitriles is 1. The van der Waals surface area contributed by atoms with Gasteiger partial charge in [-0.25, -0.2) is 0 Å². The number of thiocarbonyl (C=S) groups is 1. The SMILES string of the molecule is N#Cc1c(CN2C(=O)c3ccccc3C2=O)csc1NC(=S)Nc1ccccc1. The summed E-state index contributed by atoms with van der Waals surface area (Å²) < 4.78 is 0. The molecule has 4 rings (SSSR count). The highest BCUT2D eigenvalue weighted by molar-refractivity contribution is 7.80. The number of thiophene rings is 1. The van der Waals surface area contributed by atoms with E-state index in [-0.39, 0.29) is 18.4 Å². The van der Waals surface area contributed by atoms with E-state index in [0.29, 0.717) is 32.4 Å². The minimum Gasteiger partial charge on any atom is -0.332 e. The second-order valence-electron chi connectivity index (χ2n) is 6.26. The maximum atomic E-state index is 12.6. The summed E-state index contributed by atoms with van der Waals surface area (Å²) in [6.45, 7) is 0.0340. The summed E-state index contributed by atoms with van der Waals surface area (Å²) in [5.74, 6) is -0.701. The van der Waals surface area contributed by atoms with Crippen LogP contribution in [0.25, 0.3) is 0 Å². The highest BCUT2D eigenvalue weighted by atomic mass is 32.1. The molecule has 142 valence electrons. The first-order chi connectivity index (χ1) is 14.1. The monoisotopic (exact) mass is 418 g/mol. The van der Waals surface area contributed by atoms with Gasteiger partial charge in [-0.1, -0.05) is 30.3 Å². The van der Waals surface area contributed by atoms with E-state index in [4.69, 9.17) is 12.2 Å². The van der Waals surface area contributed by atoms with Gasteiger partial charge in [0.2, 0.25) is 0 Å². The van der Waals surface area contributed by atoms with Gasteiger partial charge in [0.15, 0.2) is 5.11 Å². The molecule has 1 aliphatic heterocycles. The molecular formula is C21H14N4O2S2. The van der Waals surface area contributed by atoms with Crippen LogP contribution in [0.4, 0.5) is 10.7 Å². The minimum atomic E-state index is -0.350.